The second-order valence-electron chi connectivity index (χ2n) is 4.19. The van der Waals surface area contributed by atoms with Crippen LogP contribution < -0.4 is 10.6 Å². The zero-order valence-corrected chi connectivity index (χ0v) is 10.4. The quantitative estimate of drug-likeness (QED) is 0.855. The Bertz CT molecular complexity index is 367. The van der Waals surface area contributed by atoms with Gasteiger partial charge < -0.3 is 10.6 Å². The van der Waals surface area contributed by atoms with Crippen LogP contribution in [0, 0.1) is 5.82 Å². The van der Waals surface area contributed by atoms with Gasteiger partial charge in [-0.1, -0.05) is 11.6 Å². The molecule has 0 unspecified atom stereocenters. The first-order valence-corrected chi connectivity index (χ1v) is 6.21. The Morgan fingerprint density at radius 3 is 2.88 bits per heavy atom. The van der Waals surface area contributed by atoms with Gasteiger partial charge in [0.1, 0.15) is 5.82 Å². The molecule has 0 saturated carbocycles. The van der Waals surface area contributed by atoms with Gasteiger partial charge in [0.2, 0.25) is 0 Å². The fourth-order valence-corrected chi connectivity index (χ4v) is 2.09. The largest absolute Gasteiger partial charge is 0.314 e. The van der Waals surface area contributed by atoms with Gasteiger partial charge >= 0.3 is 0 Å². The van der Waals surface area contributed by atoms with Crippen molar-refractivity contribution in [3.63, 3.8) is 0 Å². The second kappa shape index (κ2) is 6.31. The van der Waals surface area contributed by atoms with E-state index < -0.39 is 0 Å². The van der Waals surface area contributed by atoms with Crippen LogP contribution in [0.25, 0.3) is 0 Å². The Hall–Kier alpha value is -0.680. The summed E-state index contributed by atoms with van der Waals surface area (Å²) < 4.78 is 13.4. The fourth-order valence-electron chi connectivity index (χ4n) is 1.90. The van der Waals surface area contributed by atoms with E-state index in [4.69, 9.17) is 11.6 Å². The maximum absolute atomic E-state index is 13.4. The predicted octanol–water partition coefficient (Wildman–Crippen LogP) is 1.43. The molecule has 3 nitrogen and oxygen atoms in total. The monoisotopic (exact) mass is 257 g/mol. The lowest BCUT2D eigenvalue weighted by molar-refractivity contribution is 0.223. The normalized spacial score (nSPS) is 17.3. The average molecular weight is 258 g/mol. The highest BCUT2D eigenvalue weighted by Gasteiger charge is 2.09. The van der Waals surface area contributed by atoms with Crippen LogP contribution in [0.1, 0.15) is 5.56 Å². The molecule has 0 radical (unpaired) electrons. The molecule has 0 aromatic heterocycles. The Kier molecular flexibility index (Phi) is 4.74. The number of hydrogen-bond acceptors (Lipinski definition) is 3. The lowest BCUT2D eigenvalue weighted by atomic mass is 10.2. The summed E-state index contributed by atoms with van der Waals surface area (Å²) in [6, 6.07) is 4.64. The molecule has 1 fully saturated rings. The molecule has 1 saturated heterocycles. The Morgan fingerprint density at radius 1 is 1.35 bits per heavy atom. The van der Waals surface area contributed by atoms with Crippen molar-refractivity contribution in [3.8, 4) is 0 Å². The van der Waals surface area contributed by atoms with Gasteiger partial charge in [-0.15, -0.1) is 0 Å². The maximum Gasteiger partial charge on any atom is 0.127 e. The zero-order valence-electron chi connectivity index (χ0n) is 9.68. The summed E-state index contributed by atoms with van der Waals surface area (Å²) in [7, 11) is 0. The molecule has 2 N–H and O–H groups in total. The smallest absolute Gasteiger partial charge is 0.127 e. The second-order valence-corrected chi connectivity index (χ2v) is 4.63. The first-order valence-electron chi connectivity index (χ1n) is 5.83. The average Bonchev–Trinajstić information content (AvgIpc) is 2.35. The maximum atomic E-state index is 13.4. The van der Waals surface area contributed by atoms with Gasteiger partial charge in [-0.25, -0.2) is 4.39 Å². The molecule has 1 aromatic rings. The highest BCUT2D eigenvalue weighted by molar-refractivity contribution is 6.30. The van der Waals surface area contributed by atoms with Crippen LogP contribution in [0.3, 0.4) is 0 Å². The van der Waals surface area contributed by atoms with Crippen molar-refractivity contribution in [1.82, 2.24) is 15.5 Å². The van der Waals surface area contributed by atoms with Gasteiger partial charge in [-0.2, -0.15) is 0 Å². The van der Waals surface area contributed by atoms with Gasteiger partial charge in [0.15, 0.2) is 0 Å². The van der Waals surface area contributed by atoms with E-state index in [-0.39, 0.29) is 5.82 Å². The highest BCUT2D eigenvalue weighted by atomic mass is 35.5. The lowest BCUT2D eigenvalue weighted by Gasteiger charge is -2.27. The van der Waals surface area contributed by atoms with Crippen LogP contribution in [0.5, 0.6) is 0 Å². The molecule has 2 rings (SSSR count). The van der Waals surface area contributed by atoms with Crippen molar-refractivity contribution in [3.05, 3.63) is 34.6 Å². The molecule has 0 bridgehead atoms. The molecule has 0 atom stereocenters. The third-order valence-electron chi connectivity index (χ3n) is 2.87. The van der Waals surface area contributed by atoms with Crippen molar-refractivity contribution in [2.24, 2.45) is 0 Å². The van der Waals surface area contributed by atoms with E-state index in [0.717, 1.165) is 32.8 Å². The van der Waals surface area contributed by atoms with Crippen LogP contribution in [0.15, 0.2) is 18.2 Å². The van der Waals surface area contributed by atoms with Crippen molar-refractivity contribution >= 4 is 11.6 Å². The number of hydrogen-bond donors (Lipinski definition) is 2. The summed E-state index contributed by atoms with van der Waals surface area (Å²) in [4.78, 5) is 2.30. The van der Waals surface area contributed by atoms with Crippen LogP contribution in [0.4, 0.5) is 4.39 Å². The molecule has 1 aromatic carbocycles. The molecule has 1 aliphatic heterocycles. The SMILES string of the molecule is Fc1ccc(Cl)cc1CNCN1CCNCC1. The first-order chi connectivity index (χ1) is 8.25. The van der Waals surface area contributed by atoms with E-state index in [2.05, 4.69) is 15.5 Å². The van der Waals surface area contributed by atoms with E-state index in [1.54, 1.807) is 12.1 Å². The Morgan fingerprint density at radius 2 is 2.12 bits per heavy atom. The Balaban J connectivity index is 1.79. The van der Waals surface area contributed by atoms with Gasteiger partial charge in [-0.3, -0.25) is 4.90 Å². The van der Waals surface area contributed by atoms with Gasteiger partial charge in [0.05, 0.1) is 0 Å². The van der Waals surface area contributed by atoms with E-state index in [1.165, 1.54) is 6.07 Å². The van der Waals surface area contributed by atoms with E-state index in [1.807, 2.05) is 0 Å². The molecular weight excluding hydrogens is 241 g/mol. The van der Waals surface area contributed by atoms with Crippen LogP contribution in [-0.4, -0.2) is 37.7 Å². The molecular formula is C12H17ClFN3. The number of piperazine rings is 1. The van der Waals surface area contributed by atoms with Crippen molar-refractivity contribution in [2.45, 2.75) is 6.54 Å². The van der Waals surface area contributed by atoms with E-state index >= 15 is 0 Å². The molecule has 1 aliphatic rings. The number of rotatable bonds is 4. The van der Waals surface area contributed by atoms with E-state index in [0.29, 0.717) is 17.1 Å². The molecule has 0 aliphatic carbocycles. The summed E-state index contributed by atoms with van der Waals surface area (Å²) >= 11 is 5.83. The minimum atomic E-state index is -0.206. The van der Waals surface area contributed by atoms with Crippen molar-refractivity contribution in [2.75, 3.05) is 32.8 Å². The Labute approximate surface area is 106 Å². The summed E-state index contributed by atoms with van der Waals surface area (Å²) in [5, 5.41) is 7.11. The van der Waals surface area contributed by atoms with Crippen LogP contribution in [-0.2, 0) is 6.54 Å². The molecule has 1 heterocycles. The zero-order chi connectivity index (χ0) is 12.1. The van der Waals surface area contributed by atoms with Gasteiger partial charge in [-0.05, 0) is 18.2 Å². The number of nitrogens with one attached hydrogen (secondary N) is 2. The minimum Gasteiger partial charge on any atom is -0.314 e. The minimum absolute atomic E-state index is 0.206. The van der Waals surface area contributed by atoms with Gasteiger partial charge in [0.25, 0.3) is 0 Å². The molecule has 5 heteroatoms. The summed E-state index contributed by atoms with van der Waals surface area (Å²) in [5.74, 6) is -0.206. The predicted molar refractivity (Wildman–Crippen MR) is 67.6 cm³/mol. The van der Waals surface area contributed by atoms with Crippen LogP contribution >= 0.6 is 11.6 Å². The molecule has 17 heavy (non-hydrogen) atoms. The number of benzene rings is 1. The summed E-state index contributed by atoms with van der Waals surface area (Å²) in [6.07, 6.45) is 0. The molecule has 0 spiro atoms. The molecule has 0 amide bonds. The standard InChI is InChI=1S/C12H17ClFN3/c13-11-1-2-12(14)10(7-11)8-16-9-17-5-3-15-4-6-17/h1-2,7,15-16H,3-6,8-9H2. The first kappa shape index (κ1) is 12.8. The van der Waals surface area contributed by atoms with E-state index in [9.17, 15) is 4.39 Å². The highest BCUT2D eigenvalue weighted by Crippen LogP contribution is 2.14. The topological polar surface area (TPSA) is 27.3 Å². The van der Waals surface area contributed by atoms with Crippen molar-refractivity contribution in [1.29, 1.82) is 0 Å². The van der Waals surface area contributed by atoms with Gasteiger partial charge in [0, 0.05) is 50.0 Å². The van der Waals surface area contributed by atoms with Crippen LogP contribution in [0.2, 0.25) is 5.02 Å². The van der Waals surface area contributed by atoms with Crippen molar-refractivity contribution < 1.29 is 4.39 Å². The summed E-state index contributed by atoms with van der Waals surface area (Å²) in [5.41, 5.74) is 0.618. The number of nitrogens with zero attached hydrogens (tertiary/aromatic N) is 1. The third kappa shape index (κ3) is 3.92. The number of halogens is 2. The molecule has 94 valence electrons. The summed E-state index contributed by atoms with van der Waals surface area (Å²) in [6.45, 7) is 5.40. The third-order valence-corrected chi connectivity index (χ3v) is 3.10. The fraction of sp³-hybridized carbons (Fsp3) is 0.500. The lowest BCUT2D eigenvalue weighted by Crippen LogP contribution is -2.46.